The van der Waals surface area contributed by atoms with Crippen LogP contribution >= 0.6 is 20.4 Å². The second-order valence-electron chi connectivity index (χ2n) is 6.05. The van der Waals surface area contributed by atoms with Gasteiger partial charge < -0.3 is 0 Å². The number of nitrogens with zero attached hydrogens (tertiary/aromatic N) is 1. The van der Waals surface area contributed by atoms with Crippen molar-refractivity contribution in [2.45, 2.75) is 6.42 Å². The molecule has 0 aliphatic rings. The van der Waals surface area contributed by atoms with Gasteiger partial charge in [0.1, 0.15) is 0 Å². The molecule has 0 heterocycles. The standard InChI is InChI=1S/C16H27NS2/c1-18(2,3)17(19(4,5)6)15-11-10-14-16-12-8-7-9-13-16/h7-9,12-13H,14-15H2,1-6H3. The summed E-state index contributed by atoms with van der Waals surface area (Å²) in [5, 5.41) is 0. The van der Waals surface area contributed by atoms with Crippen LogP contribution in [0.2, 0.25) is 0 Å². The predicted molar refractivity (Wildman–Crippen MR) is 95.4 cm³/mol. The lowest BCUT2D eigenvalue weighted by Gasteiger charge is -2.50. The average molecular weight is 298 g/mol. The van der Waals surface area contributed by atoms with E-state index in [9.17, 15) is 0 Å². The molecule has 1 aromatic carbocycles. The molecule has 0 N–H and O–H groups in total. The molecule has 0 aliphatic heterocycles. The minimum atomic E-state index is -0.700. The Labute approximate surface area is 122 Å². The molecule has 0 aromatic heterocycles. The Bertz CT molecular complexity index is 430. The first kappa shape index (κ1) is 16.5. The van der Waals surface area contributed by atoms with Gasteiger partial charge in [-0.25, -0.2) is 3.71 Å². The van der Waals surface area contributed by atoms with Crippen molar-refractivity contribution in [3.63, 3.8) is 0 Å². The second kappa shape index (κ2) is 6.74. The van der Waals surface area contributed by atoms with Crippen molar-refractivity contribution in [2.75, 3.05) is 44.1 Å². The Morgan fingerprint density at radius 2 is 1.37 bits per heavy atom. The van der Waals surface area contributed by atoms with Gasteiger partial charge in [-0.05, 0) is 43.1 Å². The van der Waals surface area contributed by atoms with E-state index in [-0.39, 0.29) is 0 Å². The monoisotopic (exact) mass is 297 g/mol. The van der Waals surface area contributed by atoms with Crippen LogP contribution in [0.25, 0.3) is 0 Å². The van der Waals surface area contributed by atoms with E-state index in [1.165, 1.54) is 5.56 Å². The maximum absolute atomic E-state index is 3.36. The zero-order valence-corrected chi connectivity index (χ0v) is 14.7. The van der Waals surface area contributed by atoms with Crippen molar-refractivity contribution in [1.29, 1.82) is 0 Å². The molecular formula is C16H27NS2. The van der Waals surface area contributed by atoms with Crippen molar-refractivity contribution in [3.8, 4) is 11.8 Å². The highest BCUT2D eigenvalue weighted by atomic mass is 32.3. The lowest BCUT2D eigenvalue weighted by molar-refractivity contribution is 0.825. The Hall–Kier alpha value is -0.560. The molecule has 0 amide bonds. The Morgan fingerprint density at radius 1 is 0.842 bits per heavy atom. The van der Waals surface area contributed by atoms with Crippen LogP contribution < -0.4 is 0 Å². The molecule has 108 valence electrons. The van der Waals surface area contributed by atoms with Gasteiger partial charge in [0.25, 0.3) is 0 Å². The molecule has 0 bridgehead atoms. The number of hydrogen-bond donors (Lipinski definition) is 0. The molecule has 0 atom stereocenters. The third-order valence-electron chi connectivity index (χ3n) is 2.69. The Kier molecular flexibility index (Phi) is 5.85. The van der Waals surface area contributed by atoms with Gasteiger partial charge >= 0.3 is 0 Å². The quantitative estimate of drug-likeness (QED) is 0.765. The minimum absolute atomic E-state index is 0.700. The molecule has 1 aromatic rings. The van der Waals surface area contributed by atoms with E-state index < -0.39 is 20.4 Å². The van der Waals surface area contributed by atoms with Crippen molar-refractivity contribution < 1.29 is 0 Å². The summed E-state index contributed by atoms with van der Waals surface area (Å²) < 4.78 is 2.61. The summed E-state index contributed by atoms with van der Waals surface area (Å²) in [6.45, 7) is 0.893. The van der Waals surface area contributed by atoms with E-state index in [0.29, 0.717) is 0 Å². The molecule has 1 rings (SSSR count). The summed E-state index contributed by atoms with van der Waals surface area (Å²) in [7, 11) is -1.40. The first-order chi connectivity index (χ1) is 8.71. The molecule has 0 saturated carbocycles. The van der Waals surface area contributed by atoms with Crippen molar-refractivity contribution in [3.05, 3.63) is 35.9 Å². The molecule has 0 radical (unpaired) electrons. The number of rotatable bonds is 4. The van der Waals surface area contributed by atoms with Crippen LogP contribution in [-0.2, 0) is 6.42 Å². The van der Waals surface area contributed by atoms with Gasteiger partial charge in [0, 0.05) is 6.42 Å². The van der Waals surface area contributed by atoms with Crippen LogP contribution in [0.5, 0.6) is 0 Å². The van der Waals surface area contributed by atoms with Crippen molar-refractivity contribution in [1.82, 2.24) is 3.71 Å². The molecular weight excluding hydrogens is 270 g/mol. The fourth-order valence-electron chi connectivity index (χ4n) is 1.94. The third kappa shape index (κ3) is 5.95. The average Bonchev–Trinajstić information content (AvgIpc) is 2.26. The summed E-state index contributed by atoms with van der Waals surface area (Å²) in [5.74, 6) is 6.68. The summed E-state index contributed by atoms with van der Waals surface area (Å²) in [4.78, 5) is 0. The van der Waals surface area contributed by atoms with E-state index in [2.05, 4.69) is 77.4 Å². The van der Waals surface area contributed by atoms with Crippen LogP contribution in [0.15, 0.2) is 30.3 Å². The molecule has 3 heteroatoms. The van der Waals surface area contributed by atoms with E-state index in [4.69, 9.17) is 0 Å². The lowest BCUT2D eigenvalue weighted by Crippen LogP contribution is -2.28. The highest BCUT2D eigenvalue weighted by molar-refractivity contribution is 8.43. The van der Waals surface area contributed by atoms with E-state index >= 15 is 0 Å². The van der Waals surface area contributed by atoms with Gasteiger partial charge in [0.15, 0.2) is 0 Å². The van der Waals surface area contributed by atoms with Gasteiger partial charge in [0.2, 0.25) is 0 Å². The number of hydrogen-bond acceptors (Lipinski definition) is 1. The van der Waals surface area contributed by atoms with E-state index in [1.54, 1.807) is 0 Å². The minimum Gasteiger partial charge on any atom is -0.220 e. The molecule has 0 spiro atoms. The second-order valence-corrected chi connectivity index (χ2v) is 14.3. The topological polar surface area (TPSA) is 3.24 Å². The fraction of sp³-hybridized carbons (Fsp3) is 0.500. The van der Waals surface area contributed by atoms with Crippen molar-refractivity contribution >= 4 is 20.4 Å². The summed E-state index contributed by atoms with van der Waals surface area (Å²) >= 11 is 0. The SMILES string of the molecule is CS(C)(C)N(CC#CCc1ccccc1)S(C)(C)C. The smallest absolute Gasteiger partial charge is 0.0780 e. The molecule has 0 unspecified atom stereocenters. The largest absolute Gasteiger partial charge is 0.220 e. The summed E-state index contributed by atoms with van der Waals surface area (Å²) in [5.41, 5.74) is 1.30. The van der Waals surface area contributed by atoms with Gasteiger partial charge in [-0.15, -0.1) is 0 Å². The summed E-state index contributed by atoms with van der Waals surface area (Å²) in [6, 6.07) is 10.5. The van der Waals surface area contributed by atoms with Crippen LogP contribution in [0.1, 0.15) is 5.56 Å². The zero-order chi connectivity index (χ0) is 14.5. The normalized spacial score (nSPS) is 13.8. The molecule has 0 aliphatic carbocycles. The van der Waals surface area contributed by atoms with Crippen LogP contribution in [-0.4, -0.2) is 47.8 Å². The van der Waals surface area contributed by atoms with Gasteiger partial charge in [-0.3, -0.25) is 0 Å². The summed E-state index contributed by atoms with van der Waals surface area (Å²) in [6.07, 6.45) is 15.0. The number of benzene rings is 1. The van der Waals surface area contributed by atoms with Gasteiger partial charge in [-0.1, -0.05) is 42.2 Å². The van der Waals surface area contributed by atoms with E-state index in [1.807, 2.05) is 6.07 Å². The first-order valence-corrected chi connectivity index (χ1v) is 12.0. The third-order valence-corrected chi connectivity index (χ3v) is 8.08. The van der Waals surface area contributed by atoms with Gasteiger partial charge in [0.05, 0.1) is 6.54 Å². The Balaban J connectivity index is 2.64. The van der Waals surface area contributed by atoms with Gasteiger partial charge in [-0.2, -0.15) is 20.4 Å². The Morgan fingerprint density at radius 3 is 1.84 bits per heavy atom. The molecule has 1 nitrogen and oxygen atoms in total. The molecule has 0 fully saturated rings. The molecule has 19 heavy (non-hydrogen) atoms. The highest BCUT2D eigenvalue weighted by Gasteiger charge is 2.23. The highest BCUT2D eigenvalue weighted by Crippen LogP contribution is 2.56. The van der Waals surface area contributed by atoms with Crippen molar-refractivity contribution in [2.24, 2.45) is 0 Å². The molecule has 0 saturated heterocycles. The van der Waals surface area contributed by atoms with Crippen LogP contribution in [0.3, 0.4) is 0 Å². The maximum Gasteiger partial charge on any atom is 0.0780 e. The fourth-order valence-corrected chi connectivity index (χ4v) is 8.21. The predicted octanol–water partition coefficient (Wildman–Crippen LogP) is 3.75. The van der Waals surface area contributed by atoms with Crippen LogP contribution in [0, 0.1) is 11.8 Å². The first-order valence-electron chi connectivity index (χ1n) is 6.35. The lowest BCUT2D eigenvalue weighted by atomic mass is 10.2. The maximum atomic E-state index is 3.36. The van der Waals surface area contributed by atoms with E-state index in [0.717, 1.165) is 13.0 Å². The van der Waals surface area contributed by atoms with Crippen LogP contribution in [0.4, 0.5) is 0 Å². The zero-order valence-electron chi connectivity index (χ0n) is 13.1.